The topological polar surface area (TPSA) is 14.3 Å². The van der Waals surface area contributed by atoms with Crippen LogP contribution in [0.4, 0.5) is 0 Å². The summed E-state index contributed by atoms with van der Waals surface area (Å²) in [6.07, 6.45) is 0. The normalized spacial score (nSPS) is 13.7. The Hall–Kier alpha value is -6.62. The molecule has 12 rings (SSSR count). The Morgan fingerprint density at radius 3 is 1.75 bits per heavy atom. The van der Waals surface area contributed by atoms with E-state index in [1.54, 1.807) is 0 Å². The highest BCUT2D eigenvalue weighted by Crippen LogP contribution is 2.42. The van der Waals surface area contributed by atoms with Crippen LogP contribution in [0.25, 0.3) is 104 Å². The molecule has 0 radical (unpaired) electrons. The van der Waals surface area contributed by atoms with Crippen molar-refractivity contribution in [2.45, 2.75) is 19.6 Å². The molecule has 0 saturated carbocycles. The molecular formula is C51H37N3Si. The average Bonchev–Trinajstić information content (AvgIpc) is 3.98. The molecule has 0 unspecified atom stereocenters. The summed E-state index contributed by atoms with van der Waals surface area (Å²) in [6, 6.07) is 51.4. The third kappa shape index (κ3) is 4.26. The largest absolute Gasteiger partial charge is 0.309 e. The van der Waals surface area contributed by atoms with E-state index in [0.717, 1.165) is 55.3 Å². The van der Waals surface area contributed by atoms with Gasteiger partial charge in [-0.1, -0.05) is 128 Å². The zero-order chi connectivity index (χ0) is 40.1. The molecule has 3 nitrogen and oxygen atoms in total. The molecule has 4 aromatic heterocycles. The SMILES string of the molecule is [2H]c1c([2H])c([2H])c2c(c1[2H])c1cc(-c3ccc4c(c3)c3cc([Si](C)(C)C)ccc3n4-c3ccccc3)ccc1n2-c1ccc2c3cccc4c5ccccc5n(c2c1)c43. The molecule has 0 bridgehead atoms. The summed E-state index contributed by atoms with van der Waals surface area (Å²) in [7, 11) is -1.60. The smallest absolute Gasteiger partial charge is 0.0776 e. The number of benzene rings is 8. The minimum atomic E-state index is -1.60. The molecule has 0 amide bonds. The molecule has 0 atom stereocenters. The second kappa shape index (κ2) is 11.0. The fourth-order valence-corrected chi connectivity index (χ4v) is 10.4. The van der Waals surface area contributed by atoms with Crippen LogP contribution in [0.15, 0.2) is 170 Å². The van der Waals surface area contributed by atoms with Crippen LogP contribution >= 0.6 is 0 Å². The van der Waals surface area contributed by atoms with Gasteiger partial charge in [0.25, 0.3) is 0 Å². The van der Waals surface area contributed by atoms with Crippen LogP contribution in [0.5, 0.6) is 0 Å². The predicted octanol–water partition coefficient (Wildman–Crippen LogP) is 13.2. The van der Waals surface area contributed by atoms with Gasteiger partial charge in [-0.05, 0) is 77.8 Å². The van der Waals surface area contributed by atoms with Crippen LogP contribution in [0, 0.1) is 0 Å². The highest BCUT2D eigenvalue weighted by molar-refractivity contribution is 6.88. The maximum absolute atomic E-state index is 9.29. The van der Waals surface area contributed by atoms with Crippen LogP contribution in [-0.4, -0.2) is 21.6 Å². The van der Waals surface area contributed by atoms with E-state index in [1.165, 1.54) is 43.2 Å². The molecule has 0 N–H and O–H groups in total. The zero-order valence-corrected chi connectivity index (χ0v) is 31.7. The lowest BCUT2D eigenvalue weighted by atomic mass is 10.0. The lowest BCUT2D eigenvalue weighted by molar-refractivity contribution is 1.18. The Morgan fingerprint density at radius 2 is 1.00 bits per heavy atom. The minimum Gasteiger partial charge on any atom is -0.309 e. The van der Waals surface area contributed by atoms with Crippen molar-refractivity contribution in [3.05, 3.63) is 170 Å². The highest BCUT2D eigenvalue weighted by atomic mass is 28.3. The monoisotopic (exact) mass is 723 g/mol. The van der Waals surface area contributed by atoms with Crippen molar-refractivity contribution in [1.82, 2.24) is 13.5 Å². The molecule has 0 aliphatic carbocycles. The van der Waals surface area contributed by atoms with Gasteiger partial charge in [-0.25, -0.2) is 0 Å². The Bertz CT molecular complexity index is 3760. The van der Waals surface area contributed by atoms with Crippen LogP contribution in [0.2, 0.25) is 19.6 Å². The van der Waals surface area contributed by atoms with E-state index in [0.29, 0.717) is 10.9 Å². The van der Waals surface area contributed by atoms with E-state index >= 15 is 0 Å². The number of para-hydroxylation sites is 4. The first-order valence-corrected chi connectivity index (χ1v) is 22.4. The molecule has 4 heterocycles. The van der Waals surface area contributed by atoms with Gasteiger partial charge in [0.2, 0.25) is 0 Å². The van der Waals surface area contributed by atoms with E-state index in [2.05, 4.69) is 174 Å². The van der Waals surface area contributed by atoms with E-state index in [4.69, 9.17) is 2.74 Å². The third-order valence-electron chi connectivity index (χ3n) is 11.8. The number of fused-ring (bicyclic) bond motifs is 12. The first-order valence-electron chi connectivity index (χ1n) is 20.9. The van der Waals surface area contributed by atoms with Crippen molar-refractivity contribution in [3.63, 3.8) is 0 Å². The Morgan fingerprint density at radius 1 is 0.400 bits per heavy atom. The summed E-state index contributed by atoms with van der Waals surface area (Å²) in [5, 5.41) is 9.88. The van der Waals surface area contributed by atoms with Gasteiger partial charge >= 0.3 is 0 Å². The minimum absolute atomic E-state index is 0.0335. The molecular weight excluding hydrogens is 683 g/mol. The van der Waals surface area contributed by atoms with Crippen LogP contribution in [-0.2, 0) is 0 Å². The second-order valence-electron chi connectivity index (χ2n) is 15.9. The molecule has 0 aliphatic heterocycles. The molecule has 0 saturated heterocycles. The standard InChI is InChI=1S/C51H37N3Si/c1-55(2,3)36-23-27-49-44(31-36)43-29-33(21-26-48(43)52(49)34-12-5-4-6-13-34)32-20-25-47-42(28-32)38-15-8-9-18-45(38)53(47)35-22-24-39-41-17-11-16-40-37-14-7-10-19-46(37)54(51(40)41)50(39)30-35/h4-31H,1-3H3/i8D,9D,15D,18D. The third-order valence-corrected chi connectivity index (χ3v) is 13.9. The van der Waals surface area contributed by atoms with Gasteiger partial charge in [-0.3, -0.25) is 0 Å². The lowest BCUT2D eigenvalue weighted by Crippen LogP contribution is -2.37. The summed E-state index contributed by atoms with van der Waals surface area (Å²) in [5.41, 5.74) is 11.0. The molecule has 4 heteroatoms. The molecule has 55 heavy (non-hydrogen) atoms. The zero-order valence-electron chi connectivity index (χ0n) is 34.7. The van der Waals surface area contributed by atoms with Crippen molar-refractivity contribution < 1.29 is 5.48 Å². The molecule has 0 fully saturated rings. The van der Waals surface area contributed by atoms with Gasteiger partial charge in [-0.2, -0.15) is 0 Å². The summed E-state index contributed by atoms with van der Waals surface area (Å²) >= 11 is 0. The quantitative estimate of drug-likeness (QED) is 0.161. The van der Waals surface area contributed by atoms with Crippen LogP contribution in [0.3, 0.4) is 0 Å². The van der Waals surface area contributed by atoms with Gasteiger partial charge in [0.05, 0.1) is 52.2 Å². The maximum atomic E-state index is 9.29. The Kier molecular flexibility index (Phi) is 5.39. The predicted molar refractivity (Wildman–Crippen MR) is 238 cm³/mol. The van der Waals surface area contributed by atoms with E-state index in [-0.39, 0.29) is 24.2 Å². The van der Waals surface area contributed by atoms with E-state index in [1.807, 2.05) is 4.57 Å². The van der Waals surface area contributed by atoms with Crippen molar-refractivity contribution in [2.24, 2.45) is 0 Å². The van der Waals surface area contributed by atoms with Gasteiger partial charge in [-0.15, -0.1) is 0 Å². The second-order valence-corrected chi connectivity index (χ2v) is 21.0. The maximum Gasteiger partial charge on any atom is 0.0776 e. The fraction of sp³-hybridized carbons (Fsp3) is 0.0588. The van der Waals surface area contributed by atoms with Gasteiger partial charge in [0.1, 0.15) is 0 Å². The van der Waals surface area contributed by atoms with Gasteiger partial charge in [0, 0.05) is 54.5 Å². The van der Waals surface area contributed by atoms with Crippen molar-refractivity contribution in [1.29, 1.82) is 0 Å². The molecule has 8 aromatic carbocycles. The average molecular weight is 724 g/mol. The number of rotatable bonds is 4. The van der Waals surface area contributed by atoms with Crippen LogP contribution < -0.4 is 5.19 Å². The van der Waals surface area contributed by atoms with Gasteiger partial charge in [0.15, 0.2) is 0 Å². The van der Waals surface area contributed by atoms with E-state index in [9.17, 15) is 2.74 Å². The summed E-state index contributed by atoms with van der Waals surface area (Å²) in [5.74, 6) is 0. The molecule has 0 spiro atoms. The van der Waals surface area contributed by atoms with Crippen molar-refractivity contribution >= 4 is 95.0 Å². The number of hydrogen-bond acceptors (Lipinski definition) is 0. The summed E-state index contributed by atoms with van der Waals surface area (Å²) in [4.78, 5) is 0. The fourth-order valence-electron chi connectivity index (χ4n) is 9.25. The summed E-state index contributed by atoms with van der Waals surface area (Å²) in [6.45, 7) is 7.16. The summed E-state index contributed by atoms with van der Waals surface area (Å²) < 4.78 is 42.8. The number of aromatic nitrogens is 3. The molecule has 260 valence electrons. The van der Waals surface area contributed by atoms with E-state index < -0.39 is 8.07 Å². The Labute approximate surface area is 324 Å². The first-order chi connectivity index (χ1) is 28.6. The highest BCUT2D eigenvalue weighted by Gasteiger charge is 2.22. The number of hydrogen-bond donors (Lipinski definition) is 0. The van der Waals surface area contributed by atoms with Crippen molar-refractivity contribution in [2.75, 3.05) is 0 Å². The van der Waals surface area contributed by atoms with Gasteiger partial charge < -0.3 is 13.5 Å². The van der Waals surface area contributed by atoms with Crippen LogP contribution in [0.1, 0.15) is 5.48 Å². The lowest BCUT2D eigenvalue weighted by Gasteiger charge is -2.17. The Balaban J connectivity index is 1.12. The molecule has 0 aliphatic rings. The molecule has 12 aromatic rings. The number of nitrogens with zero attached hydrogens (tertiary/aromatic N) is 3. The first kappa shape index (κ1) is 27.0. The van der Waals surface area contributed by atoms with Crippen molar-refractivity contribution in [3.8, 4) is 22.5 Å².